The van der Waals surface area contributed by atoms with E-state index in [-0.39, 0.29) is 17.8 Å². The Morgan fingerprint density at radius 2 is 2.21 bits per heavy atom. The van der Waals surface area contributed by atoms with Crippen LogP contribution in [0.5, 0.6) is 0 Å². The van der Waals surface area contributed by atoms with Crippen LogP contribution < -0.4 is 0 Å². The van der Waals surface area contributed by atoms with Crippen molar-refractivity contribution in [2.75, 3.05) is 0 Å². The number of non-ortho nitro benzene ring substituents is 1. The Balaban J connectivity index is 2.22. The van der Waals surface area contributed by atoms with Gasteiger partial charge in [0, 0.05) is 12.1 Å². The van der Waals surface area contributed by atoms with Crippen molar-refractivity contribution < 1.29 is 14.5 Å². The molecular formula is C9H7NO4. The van der Waals surface area contributed by atoms with Crippen LogP contribution in [0, 0.1) is 10.1 Å². The molecule has 0 unspecified atom stereocenters. The third-order valence-electron chi connectivity index (χ3n) is 2.08. The number of benzene rings is 1. The molecule has 1 aliphatic rings. The molecule has 0 radical (unpaired) electrons. The summed E-state index contributed by atoms with van der Waals surface area (Å²) in [5.41, 5.74) is 0.698. The molecule has 0 aliphatic carbocycles. The smallest absolute Gasteiger partial charge is 0.310 e. The lowest BCUT2D eigenvalue weighted by Crippen LogP contribution is -2.25. The van der Waals surface area contributed by atoms with E-state index < -0.39 is 4.92 Å². The fraction of sp³-hybridized carbons (Fsp3) is 0.222. The Hall–Kier alpha value is -1.91. The summed E-state index contributed by atoms with van der Waals surface area (Å²) < 4.78 is 4.80. The topological polar surface area (TPSA) is 69.4 Å². The molecule has 1 aromatic rings. The van der Waals surface area contributed by atoms with Crippen LogP contribution in [0.1, 0.15) is 18.1 Å². The van der Waals surface area contributed by atoms with Crippen molar-refractivity contribution in [3.8, 4) is 0 Å². The minimum atomic E-state index is -0.468. The standard InChI is InChI=1S/C9H7NO4/c11-9-5-8(14-9)6-2-1-3-7(4-6)10(12)13/h1-4,8H,5H2/t8-/m0/s1. The van der Waals surface area contributed by atoms with Crippen LogP contribution in [0.15, 0.2) is 24.3 Å². The first-order valence-corrected chi connectivity index (χ1v) is 4.10. The molecule has 0 N–H and O–H groups in total. The molecule has 14 heavy (non-hydrogen) atoms. The second-order valence-electron chi connectivity index (χ2n) is 3.03. The molecule has 5 nitrogen and oxygen atoms in total. The van der Waals surface area contributed by atoms with Crippen LogP contribution in [0.4, 0.5) is 5.69 Å². The average molecular weight is 193 g/mol. The van der Waals surface area contributed by atoms with Gasteiger partial charge in [-0.1, -0.05) is 12.1 Å². The predicted molar refractivity (Wildman–Crippen MR) is 46.5 cm³/mol. The van der Waals surface area contributed by atoms with Gasteiger partial charge in [-0.25, -0.2) is 0 Å². The molecule has 72 valence electrons. The highest BCUT2D eigenvalue weighted by atomic mass is 16.6. The van der Waals surface area contributed by atoms with Crippen LogP contribution in [0.2, 0.25) is 0 Å². The van der Waals surface area contributed by atoms with E-state index in [1.807, 2.05) is 0 Å². The van der Waals surface area contributed by atoms with E-state index in [1.54, 1.807) is 12.1 Å². The summed E-state index contributed by atoms with van der Waals surface area (Å²) >= 11 is 0. The normalized spacial score (nSPS) is 19.7. The monoisotopic (exact) mass is 193 g/mol. The lowest BCUT2D eigenvalue weighted by atomic mass is 10.0. The first-order valence-electron chi connectivity index (χ1n) is 4.10. The summed E-state index contributed by atoms with van der Waals surface area (Å²) in [5, 5.41) is 10.4. The number of ether oxygens (including phenoxy) is 1. The quantitative estimate of drug-likeness (QED) is 0.406. The van der Waals surface area contributed by atoms with E-state index in [0.717, 1.165) is 0 Å². The Morgan fingerprint density at radius 1 is 1.50 bits per heavy atom. The molecule has 1 atom stereocenters. The molecule has 1 saturated heterocycles. The number of carbonyl (C=O) groups excluding carboxylic acids is 1. The lowest BCUT2D eigenvalue weighted by Gasteiger charge is -2.25. The van der Waals surface area contributed by atoms with Gasteiger partial charge < -0.3 is 4.74 Å². The third-order valence-corrected chi connectivity index (χ3v) is 2.08. The highest BCUT2D eigenvalue weighted by Crippen LogP contribution is 2.31. The minimum absolute atomic E-state index is 0.0189. The van der Waals surface area contributed by atoms with Gasteiger partial charge in [0.15, 0.2) is 0 Å². The van der Waals surface area contributed by atoms with Crippen molar-refractivity contribution in [2.24, 2.45) is 0 Å². The fourth-order valence-electron chi connectivity index (χ4n) is 1.32. The van der Waals surface area contributed by atoms with Crippen molar-refractivity contribution >= 4 is 11.7 Å². The van der Waals surface area contributed by atoms with Crippen molar-refractivity contribution in [3.05, 3.63) is 39.9 Å². The van der Waals surface area contributed by atoms with Gasteiger partial charge in [0.05, 0.1) is 11.3 Å². The van der Waals surface area contributed by atoms with E-state index in [1.165, 1.54) is 12.1 Å². The van der Waals surface area contributed by atoms with Gasteiger partial charge >= 0.3 is 5.97 Å². The van der Waals surface area contributed by atoms with Crippen LogP contribution in [0.25, 0.3) is 0 Å². The Labute approximate surface area is 79.4 Å². The first-order chi connectivity index (χ1) is 6.66. The van der Waals surface area contributed by atoms with Crippen molar-refractivity contribution in [1.29, 1.82) is 0 Å². The Kier molecular flexibility index (Phi) is 1.92. The molecule has 0 aromatic heterocycles. The highest BCUT2D eigenvalue weighted by molar-refractivity contribution is 5.75. The number of hydrogen-bond acceptors (Lipinski definition) is 4. The van der Waals surface area contributed by atoms with Crippen LogP contribution in [-0.2, 0) is 9.53 Å². The number of hydrogen-bond donors (Lipinski definition) is 0. The third kappa shape index (κ3) is 1.44. The molecule has 0 amide bonds. The maximum Gasteiger partial charge on any atom is 0.310 e. The Morgan fingerprint density at radius 3 is 2.79 bits per heavy atom. The highest BCUT2D eigenvalue weighted by Gasteiger charge is 2.30. The maximum absolute atomic E-state index is 10.5. The number of carbonyl (C=O) groups is 1. The van der Waals surface area contributed by atoms with Crippen molar-refractivity contribution in [3.63, 3.8) is 0 Å². The number of nitro groups is 1. The average Bonchev–Trinajstić information content (AvgIpc) is 2.13. The molecule has 1 aliphatic heterocycles. The van der Waals surface area contributed by atoms with Gasteiger partial charge in [0.2, 0.25) is 0 Å². The molecule has 0 saturated carbocycles. The Bertz CT molecular complexity index is 394. The molecule has 0 spiro atoms. The van der Waals surface area contributed by atoms with Gasteiger partial charge in [-0.3, -0.25) is 14.9 Å². The predicted octanol–water partition coefficient (Wildman–Crippen LogP) is 1.58. The summed E-state index contributed by atoms with van der Waals surface area (Å²) in [4.78, 5) is 20.5. The number of nitrogens with zero attached hydrogens (tertiary/aromatic N) is 1. The maximum atomic E-state index is 10.5. The summed E-state index contributed by atoms with van der Waals surface area (Å²) in [5.74, 6) is -0.262. The zero-order chi connectivity index (χ0) is 10.1. The van der Waals surface area contributed by atoms with Gasteiger partial charge in [0.1, 0.15) is 6.10 Å². The van der Waals surface area contributed by atoms with Crippen molar-refractivity contribution in [2.45, 2.75) is 12.5 Å². The summed E-state index contributed by atoms with van der Waals surface area (Å²) in [6, 6.07) is 6.13. The number of cyclic esters (lactones) is 1. The molecular weight excluding hydrogens is 186 g/mol. The second-order valence-corrected chi connectivity index (χ2v) is 3.03. The molecule has 2 rings (SSSR count). The number of nitro benzene ring substituents is 1. The van der Waals surface area contributed by atoms with E-state index in [9.17, 15) is 14.9 Å². The van der Waals surface area contributed by atoms with Gasteiger partial charge in [0.25, 0.3) is 5.69 Å². The largest absolute Gasteiger partial charge is 0.457 e. The van der Waals surface area contributed by atoms with E-state index in [4.69, 9.17) is 4.74 Å². The minimum Gasteiger partial charge on any atom is -0.457 e. The zero-order valence-electron chi connectivity index (χ0n) is 7.17. The number of rotatable bonds is 2. The van der Waals surface area contributed by atoms with Crippen LogP contribution in [-0.4, -0.2) is 10.9 Å². The van der Waals surface area contributed by atoms with E-state index in [2.05, 4.69) is 0 Å². The SMILES string of the molecule is O=C1C[C@@H](c2cccc([N+](=O)[O-])c2)O1. The van der Waals surface area contributed by atoms with Crippen LogP contribution >= 0.6 is 0 Å². The van der Waals surface area contributed by atoms with Crippen LogP contribution in [0.3, 0.4) is 0 Å². The first kappa shape index (κ1) is 8.68. The molecule has 1 fully saturated rings. The van der Waals surface area contributed by atoms with Crippen molar-refractivity contribution in [1.82, 2.24) is 0 Å². The summed E-state index contributed by atoms with van der Waals surface area (Å²) in [7, 11) is 0. The summed E-state index contributed by atoms with van der Waals surface area (Å²) in [6.45, 7) is 0. The second kappa shape index (κ2) is 3.10. The summed E-state index contributed by atoms with van der Waals surface area (Å²) in [6.07, 6.45) is 0.00338. The van der Waals surface area contributed by atoms with Gasteiger partial charge in [-0.05, 0) is 5.56 Å². The molecule has 1 heterocycles. The fourth-order valence-corrected chi connectivity index (χ4v) is 1.32. The molecule has 1 aromatic carbocycles. The van der Waals surface area contributed by atoms with Gasteiger partial charge in [-0.15, -0.1) is 0 Å². The van der Waals surface area contributed by atoms with E-state index in [0.29, 0.717) is 12.0 Å². The van der Waals surface area contributed by atoms with Gasteiger partial charge in [-0.2, -0.15) is 0 Å². The zero-order valence-corrected chi connectivity index (χ0v) is 7.17. The lowest BCUT2D eigenvalue weighted by molar-refractivity contribution is -0.385. The number of esters is 1. The molecule has 5 heteroatoms. The molecule has 0 bridgehead atoms. The van der Waals surface area contributed by atoms with E-state index >= 15 is 0 Å².